The van der Waals surface area contributed by atoms with E-state index >= 15 is 4.39 Å². The Morgan fingerprint density at radius 3 is 2.82 bits per heavy atom. The molecule has 5 rings (SSSR count). The second kappa shape index (κ2) is 6.17. The molecule has 7 heteroatoms. The van der Waals surface area contributed by atoms with Crippen LogP contribution in [0.2, 0.25) is 0 Å². The number of carboxylic acids is 1. The SMILES string of the molecule is Cc1c(N2CC3=CCCN[C@@H]3C2)c(F)cn2c(=O)c(C(=O)O)cc(C3CC3)c12. The Balaban J connectivity index is 1.72. The molecule has 0 bridgehead atoms. The van der Waals surface area contributed by atoms with Crippen LogP contribution in [0.15, 0.2) is 28.7 Å². The zero-order valence-corrected chi connectivity index (χ0v) is 15.7. The number of rotatable bonds is 3. The van der Waals surface area contributed by atoms with Gasteiger partial charge in [0.05, 0.1) is 17.4 Å². The molecule has 2 aliphatic heterocycles. The number of aromatic carboxylic acids is 1. The highest BCUT2D eigenvalue weighted by Crippen LogP contribution is 2.44. The van der Waals surface area contributed by atoms with Gasteiger partial charge in [0.1, 0.15) is 5.56 Å². The van der Waals surface area contributed by atoms with E-state index in [-0.39, 0.29) is 17.5 Å². The van der Waals surface area contributed by atoms with Gasteiger partial charge in [-0.1, -0.05) is 6.08 Å². The zero-order chi connectivity index (χ0) is 19.6. The summed E-state index contributed by atoms with van der Waals surface area (Å²) in [5, 5.41) is 12.9. The van der Waals surface area contributed by atoms with Crippen molar-refractivity contribution in [3.05, 3.63) is 56.8 Å². The van der Waals surface area contributed by atoms with Crippen LogP contribution in [0.1, 0.15) is 46.7 Å². The van der Waals surface area contributed by atoms with Gasteiger partial charge in [0.2, 0.25) is 0 Å². The third-order valence-electron chi connectivity index (χ3n) is 6.17. The number of hydrogen-bond acceptors (Lipinski definition) is 4. The number of fused-ring (bicyclic) bond motifs is 2. The van der Waals surface area contributed by atoms with Crippen molar-refractivity contribution in [2.24, 2.45) is 0 Å². The lowest BCUT2D eigenvalue weighted by atomic mass is 10.0. The molecule has 1 aliphatic carbocycles. The molecule has 0 amide bonds. The molecule has 3 aliphatic rings. The summed E-state index contributed by atoms with van der Waals surface area (Å²) in [7, 11) is 0. The molecular formula is C21H22FN3O3. The fraction of sp³-hybridized carbons (Fsp3) is 0.429. The van der Waals surface area contributed by atoms with E-state index in [1.807, 2.05) is 11.8 Å². The van der Waals surface area contributed by atoms with Crippen molar-refractivity contribution in [1.29, 1.82) is 0 Å². The van der Waals surface area contributed by atoms with Gasteiger partial charge in [-0.3, -0.25) is 9.20 Å². The zero-order valence-electron chi connectivity index (χ0n) is 15.7. The molecule has 4 heterocycles. The molecular weight excluding hydrogens is 361 g/mol. The summed E-state index contributed by atoms with van der Waals surface area (Å²) in [4.78, 5) is 26.2. The van der Waals surface area contributed by atoms with Crippen molar-refractivity contribution in [1.82, 2.24) is 9.72 Å². The number of nitrogens with one attached hydrogen (secondary N) is 1. The monoisotopic (exact) mass is 383 g/mol. The molecule has 1 saturated carbocycles. The number of anilines is 1. The van der Waals surface area contributed by atoms with E-state index in [1.165, 1.54) is 22.2 Å². The number of aromatic nitrogens is 1. The van der Waals surface area contributed by atoms with Gasteiger partial charge in [0.25, 0.3) is 5.56 Å². The van der Waals surface area contributed by atoms with Gasteiger partial charge in [0.15, 0.2) is 5.82 Å². The number of nitrogens with zero attached hydrogens (tertiary/aromatic N) is 2. The summed E-state index contributed by atoms with van der Waals surface area (Å²) >= 11 is 0. The summed E-state index contributed by atoms with van der Waals surface area (Å²) < 4.78 is 16.4. The molecule has 6 nitrogen and oxygen atoms in total. The number of pyridine rings is 2. The average molecular weight is 383 g/mol. The number of hydrogen-bond donors (Lipinski definition) is 2. The molecule has 2 fully saturated rings. The number of aryl methyl sites for hydroxylation is 1. The van der Waals surface area contributed by atoms with Crippen LogP contribution in [0.25, 0.3) is 5.52 Å². The lowest BCUT2D eigenvalue weighted by molar-refractivity contribution is 0.0694. The maximum Gasteiger partial charge on any atom is 0.341 e. The highest BCUT2D eigenvalue weighted by Gasteiger charge is 2.34. The standard InChI is InChI=1S/C21H22FN3O3/c1-11-18-14(12-4-5-12)7-15(21(27)28)20(26)25(18)9-16(22)19(11)24-8-13-3-2-6-23-17(13)10-24/h3,7,9,12,17,23H,2,4-6,8,10H2,1H3,(H,27,28)/t17-/m1/s1. The van der Waals surface area contributed by atoms with E-state index in [1.54, 1.807) is 0 Å². The maximum atomic E-state index is 15.2. The first-order valence-corrected chi connectivity index (χ1v) is 9.74. The Bertz CT molecular complexity index is 1100. The van der Waals surface area contributed by atoms with E-state index in [0.717, 1.165) is 31.4 Å². The van der Waals surface area contributed by atoms with Crippen LogP contribution in [-0.2, 0) is 0 Å². The Labute approximate surface area is 161 Å². The van der Waals surface area contributed by atoms with Gasteiger partial charge >= 0.3 is 5.97 Å². The predicted molar refractivity (Wildman–Crippen MR) is 104 cm³/mol. The molecule has 2 aromatic heterocycles. The van der Waals surface area contributed by atoms with Crippen LogP contribution in [0.3, 0.4) is 0 Å². The Morgan fingerprint density at radius 1 is 1.36 bits per heavy atom. The van der Waals surface area contributed by atoms with E-state index in [2.05, 4.69) is 11.4 Å². The van der Waals surface area contributed by atoms with Crippen molar-refractivity contribution < 1.29 is 14.3 Å². The molecule has 1 atom stereocenters. The van der Waals surface area contributed by atoms with Crippen LogP contribution >= 0.6 is 0 Å². The number of carbonyl (C=O) groups is 1. The number of carboxylic acid groups (broad SMARTS) is 1. The Kier molecular flexibility index (Phi) is 3.84. The quantitative estimate of drug-likeness (QED) is 0.797. The number of halogens is 1. The first kappa shape index (κ1) is 17.4. The minimum absolute atomic E-state index is 0.233. The fourth-order valence-electron chi connectivity index (χ4n) is 4.71. The Hall–Kier alpha value is -2.67. The van der Waals surface area contributed by atoms with Gasteiger partial charge < -0.3 is 15.3 Å². The first-order chi connectivity index (χ1) is 13.5. The Morgan fingerprint density at radius 2 is 2.14 bits per heavy atom. The maximum absolute atomic E-state index is 15.2. The summed E-state index contributed by atoms with van der Waals surface area (Å²) in [6, 6.07) is 1.74. The van der Waals surface area contributed by atoms with Gasteiger partial charge in [-0.05, 0) is 61.4 Å². The largest absolute Gasteiger partial charge is 0.477 e. The molecule has 0 spiro atoms. The fourth-order valence-corrected chi connectivity index (χ4v) is 4.71. The van der Waals surface area contributed by atoms with E-state index in [0.29, 0.717) is 29.9 Å². The lowest BCUT2D eigenvalue weighted by Gasteiger charge is -2.24. The third-order valence-corrected chi connectivity index (χ3v) is 6.17. The molecule has 0 aromatic carbocycles. The molecule has 2 aromatic rings. The smallest absolute Gasteiger partial charge is 0.341 e. The molecule has 146 valence electrons. The van der Waals surface area contributed by atoms with Crippen LogP contribution in [0.5, 0.6) is 0 Å². The third kappa shape index (κ3) is 2.57. The molecule has 0 unspecified atom stereocenters. The van der Waals surface area contributed by atoms with Crippen molar-refractivity contribution in [3.63, 3.8) is 0 Å². The summed E-state index contributed by atoms with van der Waals surface area (Å²) in [5.74, 6) is -1.53. The normalized spacial score (nSPS) is 21.7. The molecule has 0 radical (unpaired) electrons. The topological polar surface area (TPSA) is 74.0 Å². The highest BCUT2D eigenvalue weighted by atomic mass is 19.1. The van der Waals surface area contributed by atoms with Crippen LogP contribution in [0, 0.1) is 12.7 Å². The molecule has 2 N–H and O–H groups in total. The second-order valence-corrected chi connectivity index (χ2v) is 8.02. The van der Waals surface area contributed by atoms with Crippen molar-refractivity contribution in [2.75, 3.05) is 24.5 Å². The summed E-state index contributed by atoms with van der Waals surface area (Å²) in [6.07, 6.45) is 6.30. The van der Waals surface area contributed by atoms with Crippen LogP contribution in [-0.4, -0.2) is 41.2 Å². The lowest BCUT2D eigenvalue weighted by Crippen LogP contribution is -2.36. The minimum atomic E-state index is -1.27. The van der Waals surface area contributed by atoms with E-state index < -0.39 is 17.3 Å². The van der Waals surface area contributed by atoms with Crippen molar-refractivity contribution in [2.45, 2.75) is 38.1 Å². The second-order valence-electron chi connectivity index (χ2n) is 8.02. The minimum Gasteiger partial charge on any atom is -0.477 e. The van der Waals surface area contributed by atoms with Gasteiger partial charge in [0, 0.05) is 19.1 Å². The molecule has 1 saturated heterocycles. The first-order valence-electron chi connectivity index (χ1n) is 9.74. The summed E-state index contributed by atoms with van der Waals surface area (Å²) in [5.41, 5.74) is 3.02. The van der Waals surface area contributed by atoms with Gasteiger partial charge in [-0.2, -0.15) is 0 Å². The average Bonchev–Trinajstić information content (AvgIpc) is 3.41. The highest BCUT2D eigenvalue weighted by molar-refractivity contribution is 5.89. The predicted octanol–water partition coefficient (Wildman–Crippen LogP) is 2.43. The van der Waals surface area contributed by atoms with Gasteiger partial charge in [-0.25, -0.2) is 9.18 Å². The van der Waals surface area contributed by atoms with Gasteiger partial charge in [-0.15, -0.1) is 0 Å². The van der Waals surface area contributed by atoms with E-state index in [9.17, 15) is 14.7 Å². The van der Waals surface area contributed by atoms with Crippen LogP contribution in [0.4, 0.5) is 10.1 Å². The van der Waals surface area contributed by atoms with Crippen molar-refractivity contribution >= 4 is 17.2 Å². The summed E-state index contributed by atoms with van der Waals surface area (Å²) in [6.45, 7) is 4.13. The van der Waals surface area contributed by atoms with Crippen molar-refractivity contribution in [3.8, 4) is 0 Å². The van der Waals surface area contributed by atoms with E-state index in [4.69, 9.17) is 0 Å². The molecule has 28 heavy (non-hydrogen) atoms. The van der Waals surface area contributed by atoms with Crippen LogP contribution < -0.4 is 15.8 Å².